The van der Waals surface area contributed by atoms with Gasteiger partial charge in [0.1, 0.15) is 11.5 Å². The fraction of sp³-hybridized carbons (Fsp3) is 0.391. The standard InChI is InChI=1S/C23H27FN6O2/c1-14(2)30-15(3)25-12-20(30)21-19(24)11-26-23(28-21)27-17-8-6-16(7-9-17)22(32)29-10-4-5-18(29)13-31/h6-9,11-12,14,18,31H,4-5,10,13H2,1-3H3,(H,26,27,28)/t18-/m0/s1. The van der Waals surface area contributed by atoms with Crippen LogP contribution in [0.3, 0.4) is 0 Å². The minimum Gasteiger partial charge on any atom is -0.394 e. The van der Waals surface area contributed by atoms with Gasteiger partial charge in [0.25, 0.3) is 5.91 Å². The summed E-state index contributed by atoms with van der Waals surface area (Å²) < 4.78 is 16.5. The van der Waals surface area contributed by atoms with Gasteiger partial charge in [-0.1, -0.05) is 0 Å². The number of rotatable bonds is 6. The van der Waals surface area contributed by atoms with Crippen molar-refractivity contribution in [1.29, 1.82) is 0 Å². The first-order valence-corrected chi connectivity index (χ1v) is 10.7. The minimum atomic E-state index is -0.526. The van der Waals surface area contributed by atoms with Gasteiger partial charge in [0.2, 0.25) is 5.95 Å². The van der Waals surface area contributed by atoms with Gasteiger partial charge in [-0.15, -0.1) is 0 Å². The van der Waals surface area contributed by atoms with Crippen molar-refractivity contribution in [3.63, 3.8) is 0 Å². The monoisotopic (exact) mass is 438 g/mol. The van der Waals surface area contributed by atoms with E-state index in [9.17, 15) is 14.3 Å². The number of amides is 1. The fourth-order valence-electron chi connectivity index (χ4n) is 4.17. The molecule has 168 valence electrons. The van der Waals surface area contributed by atoms with Gasteiger partial charge in [0.15, 0.2) is 5.82 Å². The van der Waals surface area contributed by atoms with Crippen LogP contribution in [0.2, 0.25) is 0 Å². The maximum atomic E-state index is 14.5. The molecule has 9 heteroatoms. The summed E-state index contributed by atoms with van der Waals surface area (Å²) in [6.07, 6.45) is 4.47. The van der Waals surface area contributed by atoms with E-state index in [1.54, 1.807) is 35.4 Å². The summed E-state index contributed by atoms with van der Waals surface area (Å²) in [4.78, 5) is 27.2. The predicted molar refractivity (Wildman–Crippen MR) is 119 cm³/mol. The Bertz CT molecular complexity index is 1110. The molecule has 0 saturated carbocycles. The molecule has 1 aliphatic heterocycles. The van der Waals surface area contributed by atoms with E-state index in [-0.39, 0.29) is 36.2 Å². The molecular weight excluding hydrogens is 411 g/mol. The van der Waals surface area contributed by atoms with Crippen LogP contribution < -0.4 is 5.32 Å². The largest absolute Gasteiger partial charge is 0.394 e. The molecule has 2 N–H and O–H groups in total. The number of nitrogens with one attached hydrogen (secondary N) is 1. The van der Waals surface area contributed by atoms with Crippen LogP contribution >= 0.6 is 0 Å². The highest BCUT2D eigenvalue weighted by Gasteiger charge is 2.28. The highest BCUT2D eigenvalue weighted by molar-refractivity contribution is 5.95. The van der Waals surface area contributed by atoms with Gasteiger partial charge in [0, 0.05) is 23.8 Å². The molecule has 0 unspecified atom stereocenters. The molecule has 0 spiro atoms. The van der Waals surface area contributed by atoms with Crippen molar-refractivity contribution in [2.75, 3.05) is 18.5 Å². The molecule has 0 bridgehead atoms. The molecule has 0 aliphatic carbocycles. The molecule has 0 radical (unpaired) electrons. The summed E-state index contributed by atoms with van der Waals surface area (Å²) >= 11 is 0. The quantitative estimate of drug-likeness (QED) is 0.609. The summed E-state index contributed by atoms with van der Waals surface area (Å²) in [5.41, 5.74) is 1.99. The lowest BCUT2D eigenvalue weighted by atomic mass is 10.1. The van der Waals surface area contributed by atoms with Crippen LogP contribution in [0, 0.1) is 12.7 Å². The number of aromatic nitrogens is 4. The van der Waals surface area contributed by atoms with E-state index >= 15 is 0 Å². The first kappa shape index (κ1) is 21.9. The smallest absolute Gasteiger partial charge is 0.254 e. The maximum absolute atomic E-state index is 14.5. The van der Waals surface area contributed by atoms with E-state index in [0.717, 1.165) is 24.9 Å². The number of nitrogens with zero attached hydrogens (tertiary/aromatic N) is 5. The number of carbonyl (C=O) groups is 1. The highest BCUT2D eigenvalue weighted by Crippen LogP contribution is 2.27. The average molecular weight is 439 g/mol. The van der Waals surface area contributed by atoms with Crippen LogP contribution in [0.15, 0.2) is 36.7 Å². The number of aliphatic hydroxyl groups is 1. The van der Waals surface area contributed by atoms with Crippen molar-refractivity contribution >= 4 is 17.5 Å². The average Bonchev–Trinajstić information content (AvgIpc) is 3.41. The third kappa shape index (κ3) is 4.20. The van der Waals surface area contributed by atoms with Crippen LogP contribution in [0.5, 0.6) is 0 Å². The molecule has 1 saturated heterocycles. The Hall–Kier alpha value is -3.33. The molecule has 1 fully saturated rings. The summed E-state index contributed by atoms with van der Waals surface area (Å²) in [7, 11) is 0. The van der Waals surface area contributed by atoms with Crippen LogP contribution in [-0.4, -0.2) is 54.6 Å². The highest BCUT2D eigenvalue weighted by atomic mass is 19.1. The van der Waals surface area contributed by atoms with Crippen LogP contribution in [0.4, 0.5) is 16.0 Å². The maximum Gasteiger partial charge on any atom is 0.254 e. The molecular formula is C23H27FN6O2. The van der Waals surface area contributed by atoms with Crippen molar-refractivity contribution in [3.8, 4) is 11.4 Å². The Morgan fingerprint density at radius 3 is 2.69 bits per heavy atom. The van der Waals surface area contributed by atoms with Gasteiger partial charge in [-0.3, -0.25) is 4.79 Å². The normalized spacial score (nSPS) is 16.1. The van der Waals surface area contributed by atoms with Gasteiger partial charge in [-0.05, 0) is 57.9 Å². The van der Waals surface area contributed by atoms with Crippen LogP contribution in [0.1, 0.15) is 48.9 Å². The lowest BCUT2D eigenvalue weighted by Crippen LogP contribution is -2.37. The van der Waals surface area contributed by atoms with Gasteiger partial charge >= 0.3 is 0 Å². The second kappa shape index (κ2) is 9.04. The number of hydrogen-bond acceptors (Lipinski definition) is 6. The van der Waals surface area contributed by atoms with Gasteiger partial charge < -0.3 is 19.9 Å². The topological polar surface area (TPSA) is 96.2 Å². The summed E-state index contributed by atoms with van der Waals surface area (Å²) in [5, 5.41) is 12.5. The minimum absolute atomic E-state index is 0.0230. The molecule has 1 aromatic carbocycles. The fourth-order valence-corrected chi connectivity index (χ4v) is 4.17. The molecule has 1 amide bonds. The molecule has 3 heterocycles. The van der Waals surface area contributed by atoms with Gasteiger partial charge in [-0.25, -0.2) is 19.3 Å². The number of halogens is 1. The third-order valence-electron chi connectivity index (χ3n) is 5.72. The molecule has 1 atom stereocenters. The van der Waals surface area contributed by atoms with E-state index < -0.39 is 5.82 Å². The van der Waals surface area contributed by atoms with Gasteiger partial charge in [-0.2, -0.15) is 0 Å². The van der Waals surface area contributed by atoms with E-state index in [1.165, 1.54) is 0 Å². The number of imidazole rings is 1. The summed E-state index contributed by atoms with van der Waals surface area (Å²) in [5.74, 6) is 0.409. The Balaban J connectivity index is 1.54. The van der Waals surface area contributed by atoms with Crippen LogP contribution in [-0.2, 0) is 0 Å². The zero-order valence-electron chi connectivity index (χ0n) is 18.4. The Morgan fingerprint density at radius 2 is 2.00 bits per heavy atom. The Kier molecular flexibility index (Phi) is 6.18. The molecule has 3 aromatic rings. The second-order valence-corrected chi connectivity index (χ2v) is 8.22. The van der Waals surface area contributed by atoms with Gasteiger partial charge in [0.05, 0.1) is 30.7 Å². The number of aliphatic hydroxyl groups excluding tert-OH is 1. The van der Waals surface area contributed by atoms with Crippen molar-refractivity contribution in [3.05, 3.63) is 53.9 Å². The SMILES string of the molecule is Cc1ncc(-c2nc(Nc3ccc(C(=O)N4CCC[C@H]4CO)cc3)ncc2F)n1C(C)C. The number of carbonyl (C=O) groups excluding carboxylic acids is 1. The number of anilines is 2. The molecule has 8 nitrogen and oxygen atoms in total. The van der Waals surface area contributed by atoms with E-state index in [1.807, 2.05) is 25.3 Å². The zero-order chi connectivity index (χ0) is 22.8. The summed E-state index contributed by atoms with van der Waals surface area (Å²) in [6.45, 7) is 6.51. The first-order valence-electron chi connectivity index (χ1n) is 10.7. The third-order valence-corrected chi connectivity index (χ3v) is 5.72. The van der Waals surface area contributed by atoms with Crippen molar-refractivity contribution < 1.29 is 14.3 Å². The zero-order valence-corrected chi connectivity index (χ0v) is 18.4. The Labute approximate surface area is 186 Å². The van der Waals surface area contributed by atoms with E-state index in [4.69, 9.17) is 0 Å². The Morgan fingerprint density at radius 1 is 1.25 bits per heavy atom. The molecule has 1 aliphatic rings. The lowest BCUT2D eigenvalue weighted by Gasteiger charge is -2.23. The van der Waals surface area contributed by atoms with E-state index in [0.29, 0.717) is 23.5 Å². The van der Waals surface area contributed by atoms with Crippen molar-refractivity contribution in [2.45, 2.75) is 45.7 Å². The summed E-state index contributed by atoms with van der Waals surface area (Å²) in [6, 6.07) is 6.94. The molecule has 32 heavy (non-hydrogen) atoms. The van der Waals surface area contributed by atoms with Crippen LogP contribution in [0.25, 0.3) is 11.4 Å². The number of hydrogen-bond donors (Lipinski definition) is 2. The molecule has 4 rings (SSSR count). The van der Waals surface area contributed by atoms with E-state index in [2.05, 4.69) is 20.3 Å². The van der Waals surface area contributed by atoms with Crippen molar-refractivity contribution in [1.82, 2.24) is 24.4 Å². The first-order chi connectivity index (χ1) is 15.4. The second-order valence-electron chi connectivity index (χ2n) is 8.22. The predicted octanol–water partition coefficient (Wildman–Crippen LogP) is 3.71. The number of aryl methyl sites for hydroxylation is 1. The van der Waals surface area contributed by atoms with Crippen molar-refractivity contribution in [2.24, 2.45) is 0 Å². The molecule has 2 aromatic heterocycles. The number of likely N-dealkylation sites (tertiary alicyclic amines) is 1. The number of benzene rings is 1. The lowest BCUT2D eigenvalue weighted by molar-refractivity contribution is 0.0677.